The quantitative estimate of drug-likeness (QED) is 0.335. The summed E-state index contributed by atoms with van der Waals surface area (Å²) in [5.41, 5.74) is 0. The number of nitrogens with two attached hydrogens (primary N) is 1. The van der Waals surface area contributed by atoms with Gasteiger partial charge in [-0.25, -0.2) is 9.59 Å². The molecule has 0 saturated heterocycles. The van der Waals surface area contributed by atoms with Gasteiger partial charge in [0, 0.05) is 0 Å². The molecule has 0 atom stereocenters. The van der Waals surface area contributed by atoms with Gasteiger partial charge in [0.1, 0.15) is 0 Å². The first-order chi connectivity index (χ1) is 4.18. The van der Waals surface area contributed by atoms with Gasteiger partial charge in [-0.05, 0) is 0 Å². The van der Waals surface area contributed by atoms with Crippen molar-refractivity contribution in [2.45, 2.75) is 0 Å². The molecule has 0 aromatic rings. The molecule has 0 fully saturated rings. The Bertz CT molecular complexity index is 114. The molecular weight excluding hydrogens is 169 g/mol. The molecule has 0 spiro atoms. The summed E-state index contributed by atoms with van der Waals surface area (Å²) >= 11 is 1.06. The molecule has 0 aromatic heterocycles. The second kappa shape index (κ2) is 7.28. The monoisotopic (exact) mass is 172 g/mol. The van der Waals surface area contributed by atoms with Crippen molar-refractivity contribution in [1.82, 2.24) is 0 Å². The van der Waals surface area contributed by atoms with E-state index >= 15 is 0 Å². The SMILES string of the molecule is NOC(=O)C(=O)O.[O]=[V]. The normalized spacial score (nSPS) is 6.22. The van der Waals surface area contributed by atoms with E-state index in [9.17, 15) is 9.59 Å². The summed E-state index contributed by atoms with van der Waals surface area (Å²) in [7, 11) is 0. The van der Waals surface area contributed by atoms with Crippen LogP contribution in [0.15, 0.2) is 0 Å². The van der Waals surface area contributed by atoms with E-state index in [4.69, 9.17) is 8.78 Å². The van der Waals surface area contributed by atoms with Gasteiger partial charge in [-0.3, -0.25) is 0 Å². The molecule has 0 aliphatic rings. The third-order valence-electron chi connectivity index (χ3n) is 0.282. The fourth-order valence-electron chi connectivity index (χ4n) is 0.0504. The Labute approximate surface area is 59.1 Å². The van der Waals surface area contributed by atoms with Crippen LogP contribution in [0, 0.1) is 0 Å². The second-order valence-corrected chi connectivity index (χ2v) is 0.710. The summed E-state index contributed by atoms with van der Waals surface area (Å²) in [6, 6.07) is 0. The molecule has 9 heavy (non-hydrogen) atoms. The van der Waals surface area contributed by atoms with Crippen LogP contribution in [0.25, 0.3) is 0 Å². The van der Waals surface area contributed by atoms with Crippen molar-refractivity contribution in [3.05, 3.63) is 0 Å². The summed E-state index contributed by atoms with van der Waals surface area (Å²) in [6.07, 6.45) is 0. The van der Waals surface area contributed by atoms with Crippen LogP contribution in [0.2, 0.25) is 0 Å². The molecular formula is C2H3NO5V. The second-order valence-electron chi connectivity index (χ2n) is 0.710. The van der Waals surface area contributed by atoms with Gasteiger partial charge in [0.2, 0.25) is 0 Å². The Morgan fingerprint density at radius 2 is 1.78 bits per heavy atom. The van der Waals surface area contributed by atoms with Crippen LogP contribution in [0.3, 0.4) is 0 Å². The predicted octanol–water partition coefficient (Wildman–Crippen LogP) is -1.63. The van der Waals surface area contributed by atoms with E-state index in [1.165, 1.54) is 0 Å². The molecule has 0 unspecified atom stereocenters. The molecule has 0 radical (unpaired) electrons. The van der Waals surface area contributed by atoms with E-state index < -0.39 is 11.9 Å². The molecule has 0 aliphatic heterocycles. The van der Waals surface area contributed by atoms with Gasteiger partial charge >= 0.3 is 33.0 Å². The first-order valence-electron chi connectivity index (χ1n) is 1.50. The Morgan fingerprint density at radius 1 is 1.44 bits per heavy atom. The number of hydrogen-bond donors (Lipinski definition) is 2. The molecule has 0 amide bonds. The Kier molecular flexibility index (Phi) is 9.01. The third kappa shape index (κ3) is 7.28. The number of carbonyl (C=O) groups is 2. The molecule has 0 rings (SSSR count). The third-order valence-corrected chi connectivity index (χ3v) is 0.282. The van der Waals surface area contributed by atoms with Crippen molar-refractivity contribution in [1.29, 1.82) is 0 Å². The van der Waals surface area contributed by atoms with E-state index in [-0.39, 0.29) is 0 Å². The van der Waals surface area contributed by atoms with Crippen molar-refractivity contribution < 1.29 is 40.6 Å². The molecule has 3 N–H and O–H groups in total. The Morgan fingerprint density at radius 3 is 1.78 bits per heavy atom. The zero-order valence-corrected chi connectivity index (χ0v) is 5.50. The Balaban J connectivity index is 0. The van der Waals surface area contributed by atoms with Crippen LogP contribution in [-0.2, 0) is 35.5 Å². The van der Waals surface area contributed by atoms with Gasteiger partial charge in [0.25, 0.3) is 0 Å². The zero-order valence-electron chi connectivity index (χ0n) is 4.10. The maximum atomic E-state index is 9.56. The van der Waals surface area contributed by atoms with Crippen molar-refractivity contribution in [3.63, 3.8) is 0 Å². The van der Waals surface area contributed by atoms with Gasteiger partial charge in [-0.2, -0.15) is 5.90 Å². The average molecular weight is 172 g/mol. The first-order valence-corrected chi connectivity index (χ1v) is 2.07. The summed E-state index contributed by atoms with van der Waals surface area (Å²) < 4.78 is 8.19. The van der Waals surface area contributed by atoms with Crippen LogP contribution in [-0.4, -0.2) is 17.0 Å². The average Bonchev–Trinajstić information content (AvgIpc) is 1.91. The molecule has 7 heteroatoms. The minimum absolute atomic E-state index is 1.06. The number of carbonyl (C=O) groups excluding carboxylic acids is 1. The summed E-state index contributed by atoms with van der Waals surface area (Å²) in [4.78, 5) is 22.2. The van der Waals surface area contributed by atoms with Crippen molar-refractivity contribution in [2.75, 3.05) is 0 Å². The number of rotatable bonds is 0. The molecule has 6 nitrogen and oxygen atoms in total. The number of carboxylic acids is 1. The summed E-state index contributed by atoms with van der Waals surface area (Å²) in [5, 5.41) is 7.63. The van der Waals surface area contributed by atoms with Gasteiger partial charge in [0.15, 0.2) is 0 Å². The fourth-order valence-corrected chi connectivity index (χ4v) is 0.0504. The molecule has 0 aromatic carbocycles. The van der Waals surface area contributed by atoms with Gasteiger partial charge in [-0.15, -0.1) is 0 Å². The minimum atomic E-state index is -1.69. The molecule has 0 bridgehead atoms. The summed E-state index contributed by atoms with van der Waals surface area (Å²) in [5.74, 6) is 0.992. The summed E-state index contributed by atoms with van der Waals surface area (Å²) in [6.45, 7) is 0. The number of hydrogen-bond acceptors (Lipinski definition) is 5. The standard InChI is InChI=1S/C2H3NO4.O.V/c3-7-2(6)1(4)5;;/h3H2,(H,4,5);;. The fraction of sp³-hybridized carbons (Fsp3) is 0. The number of aliphatic carboxylic acids is 1. The van der Waals surface area contributed by atoms with Crippen LogP contribution >= 0.6 is 0 Å². The van der Waals surface area contributed by atoms with E-state index in [2.05, 4.69) is 10.7 Å². The molecule has 0 aliphatic carbocycles. The van der Waals surface area contributed by atoms with Gasteiger partial charge < -0.3 is 9.94 Å². The first kappa shape index (κ1) is 11.1. The Hall–Kier alpha value is -0.716. The van der Waals surface area contributed by atoms with Gasteiger partial charge in [0.05, 0.1) is 0 Å². The van der Waals surface area contributed by atoms with Crippen LogP contribution in [0.5, 0.6) is 0 Å². The van der Waals surface area contributed by atoms with Crippen molar-refractivity contribution >= 4 is 11.9 Å². The van der Waals surface area contributed by atoms with Gasteiger partial charge in [-0.1, -0.05) is 0 Å². The van der Waals surface area contributed by atoms with Crippen LogP contribution in [0.1, 0.15) is 0 Å². The van der Waals surface area contributed by atoms with Crippen LogP contribution in [0.4, 0.5) is 0 Å². The van der Waals surface area contributed by atoms with E-state index in [0.29, 0.717) is 0 Å². The van der Waals surface area contributed by atoms with Crippen molar-refractivity contribution in [2.24, 2.45) is 5.90 Å². The zero-order chi connectivity index (χ0) is 7.86. The van der Waals surface area contributed by atoms with Crippen LogP contribution < -0.4 is 5.90 Å². The number of carboxylic acid groups (broad SMARTS) is 1. The van der Waals surface area contributed by atoms with E-state index in [1.54, 1.807) is 0 Å². The maximum absolute atomic E-state index is 9.56. The van der Waals surface area contributed by atoms with Crippen molar-refractivity contribution in [3.8, 4) is 0 Å². The molecule has 51 valence electrons. The molecule has 0 heterocycles. The predicted molar refractivity (Wildman–Crippen MR) is 18.6 cm³/mol. The molecule has 0 saturated carbocycles. The topological polar surface area (TPSA) is 107 Å². The van der Waals surface area contributed by atoms with E-state index in [1.807, 2.05) is 0 Å². The van der Waals surface area contributed by atoms with E-state index in [0.717, 1.165) is 17.4 Å².